The van der Waals surface area contributed by atoms with Gasteiger partial charge in [-0.3, -0.25) is 4.79 Å². The zero-order valence-electron chi connectivity index (χ0n) is 13.6. The Labute approximate surface area is 119 Å². The third kappa shape index (κ3) is 8.22. The van der Waals surface area contributed by atoms with Crippen LogP contribution in [0.5, 0.6) is 0 Å². The number of hydrogen-bond donors (Lipinski definition) is 2. The maximum atomic E-state index is 11.9. The predicted molar refractivity (Wildman–Crippen MR) is 82.4 cm³/mol. The Morgan fingerprint density at radius 3 is 2.37 bits per heavy atom. The van der Waals surface area contributed by atoms with E-state index in [-0.39, 0.29) is 18.0 Å². The van der Waals surface area contributed by atoms with E-state index in [2.05, 4.69) is 50.3 Å². The fourth-order valence-corrected chi connectivity index (χ4v) is 1.96. The van der Waals surface area contributed by atoms with E-state index in [9.17, 15) is 4.79 Å². The Balaban J connectivity index is 3.84. The molecule has 0 saturated heterocycles. The molecule has 4 heteroatoms. The molecule has 2 N–H and O–H groups in total. The van der Waals surface area contributed by atoms with E-state index in [1.54, 1.807) is 0 Å². The third-order valence-corrected chi connectivity index (χ3v) is 3.76. The van der Waals surface area contributed by atoms with E-state index in [4.69, 9.17) is 0 Å². The quantitative estimate of drug-likeness (QED) is 0.639. The molecule has 0 aliphatic carbocycles. The molecule has 0 spiro atoms. The van der Waals surface area contributed by atoms with Gasteiger partial charge >= 0.3 is 0 Å². The molecule has 3 atom stereocenters. The Morgan fingerprint density at radius 2 is 1.84 bits per heavy atom. The summed E-state index contributed by atoms with van der Waals surface area (Å²) in [4.78, 5) is 14.2. The van der Waals surface area contributed by atoms with E-state index in [0.29, 0.717) is 6.04 Å². The lowest BCUT2D eigenvalue weighted by molar-refractivity contribution is -0.123. The monoisotopic (exact) mass is 271 g/mol. The van der Waals surface area contributed by atoms with Crippen molar-refractivity contribution >= 4 is 5.91 Å². The zero-order chi connectivity index (χ0) is 14.8. The summed E-state index contributed by atoms with van der Waals surface area (Å²) in [6, 6.07) is 0.740. The molecule has 0 radical (unpaired) electrons. The number of rotatable bonds is 10. The van der Waals surface area contributed by atoms with Crippen molar-refractivity contribution < 1.29 is 4.79 Å². The molecule has 114 valence electrons. The van der Waals surface area contributed by atoms with Crippen molar-refractivity contribution in [1.82, 2.24) is 15.5 Å². The van der Waals surface area contributed by atoms with Gasteiger partial charge in [0.05, 0.1) is 6.04 Å². The van der Waals surface area contributed by atoms with Gasteiger partial charge in [-0.05, 0) is 40.7 Å². The van der Waals surface area contributed by atoms with Crippen LogP contribution in [-0.4, -0.2) is 49.1 Å². The number of nitrogens with one attached hydrogen (secondary N) is 2. The summed E-state index contributed by atoms with van der Waals surface area (Å²) in [5, 5.41) is 6.32. The first-order chi connectivity index (χ1) is 8.92. The highest BCUT2D eigenvalue weighted by Crippen LogP contribution is 1.99. The van der Waals surface area contributed by atoms with Gasteiger partial charge in [-0.25, -0.2) is 0 Å². The van der Waals surface area contributed by atoms with Crippen LogP contribution in [0.3, 0.4) is 0 Å². The minimum Gasteiger partial charge on any atom is -0.352 e. The highest BCUT2D eigenvalue weighted by atomic mass is 16.2. The van der Waals surface area contributed by atoms with E-state index >= 15 is 0 Å². The van der Waals surface area contributed by atoms with Crippen LogP contribution in [0.2, 0.25) is 0 Å². The lowest BCUT2D eigenvalue weighted by Crippen LogP contribution is -2.47. The van der Waals surface area contributed by atoms with Crippen molar-refractivity contribution in [3.05, 3.63) is 0 Å². The topological polar surface area (TPSA) is 44.4 Å². The number of amides is 1. The fraction of sp³-hybridized carbons (Fsp3) is 0.933. The fourth-order valence-electron chi connectivity index (χ4n) is 1.96. The van der Waals surface area contributed by atoms with Crippen molar-refractivity contribution in [2.45, 2.75) is 72.0 Å². The van der Waals surface area contributed by atoms with Gasteiger partial charge in [-0.2, -0.15) is 0 Å². The van der Waals surface area contributed by atoms with Crippen LogP contribution in [0.15, 0.2) is 0 Å². The van der Waals surface area contributed by atoms with Gasteiger partial charge in [0.25, 0.3) is 0 Å². The summed E-state index contributed by atoms with van der Waals surface area (Å²) in [5.74, 6) is 0.104. The molecule has 0 aliphatic rings. The SMILES string of the molecule is CCCC(C)NC(=O)C(C)NCCN(C)C(C)CC. The van der Waals surface area contributed by atoms with Gasteiger partial charge in [0.15, 0.2) is 0 Å². The first-order valence-corrected chi connectivity index (χ1v) is 7.66. The van der Waals surface area contributed by atoms with Crippen molar-refractivity contribution in [3.8, 4) is 0 Å². The second kappa shape index (κ2) is 10.2. The molecular weight excluding hydrogens is 238 g/mol. The van der Waals surface area contributed by atoms with Crippen molar-refractivity contribution in [1.29, 1.82) is 0 Å². The van der Waals surface area contributed by atoms with Crippen LogP contribution in [0.1, 0.15) is 53.9 Å². The smallest absolute Gasteiger partial charge is 0.237 e. The van der Waals surface area contributed by atoms with E-state index in [1.807, 2.05) is 6.92 Å². The average Bonchev–Trinajstić information content (AvgIpc) is 2.37. The molecule has 0 aromatic rings. The maximum absolute atomic E-state index is 11.9. The average molecular weight is 271 g/mol. The summed E-state index contributed by atoms with van der Waals surface area (Å²) in [7, 11) is 2.13. The van der Waals surface area contributed by atoms with Crippen molar-refractivity contribution in [3.63, 3.8) is 0 Å². The Bertz CT molecular complexity index is 246. The molecule has 0 aromatic carbocycles. The van der Waals surface area contributed by atoms with Crippen LogP contribution in [0.4, 0.5) is 0 Å². The summed E-state index contributed by atoms with van der Waals surface area (Å²) >= 11 is 0. The molecule has 0 rings (SSSR count). The number of carbonyl (C=O) groups is 1. The standard InChI is InChI=1S/C15H33N3O/c1-7-9-12(3)17-15(19)14(5)16-10-11-18(6)13(4)8-2/h12-14,16H,7-11H2,1-6H3,(H,17,19). The molecule has 1 amide bonds. The third-order valence-electron chi connectivity index (χ3n) is 3.76. The zero-order valence-corrected chi connectivity index (χ0v) is 13.6. The minimum absolute atomic E-state index is 0.104. The largest absolute Gasteiger partial charge is 0.352 e. The van der Waals surface area contributed by atoms with Gasteiger partial charge in [0, 0.05) is 25.2 Å². The number of likely N-dealkylation sites (N-methyl/N-ethyl adjacent to an activating group) is 1. The maximum Gasteiger partial charge on any atom is 0.237 e. The molecule has 0 aliphatic heterocycles. The normalized spacial score (nSPS) is 16.2. The molecule has 4 nitrogen and oxygen atoms in total. The molecular formula is C15H33N3O. The van der Waals surface area contributed by atoms with Crippen LogP contribution in [-0.2, 0) is 4.79 Å². The Kier molecular flexibility index (Phi) is 9.88. The summed E-state index contributed by atoms with van der Waals surface area (Å²) < 4.78 is 0. The lowest BCUT2D eigenvalue weighted by Gasteiger charge is -2.24. The van der Waals surface area contributed by atoms with E-state index < -0.39 is 0 Å². The Morgan fingerprint density at radius 1 is 1.21 bits per heavy atom. The molecule has 0 aromatic heterocycles. The van der Waals surface area contributed by atoms with Crippen LogP contribution < -0.4 is 10.6 Å². The highest BCUT2D eigenvalue weighted by Gasteiger charge is 2.14. The van der Waals surface area contributed by atoms with Gasteiger partial charge in [-0.1, -0.05) is 20.3 Å². The number of nitrogens with zero attached hydrogens (tertiary/aromatic N) is 1. The molecule has 0 fully saturated rings. The molecule has 0 bridgehead atoms. The van der Waals surface area contributed by atoms with Crippen molar-refractivity contribution in [2.24, 2.45) is 0 Å². The van der Waals surface area contributed by atoms with Gasteiger partial charge in [0.1, 0.15) is 0 Å². The molecule has 0 saturated carbocycles. The van der Waals surface area contributed by atoms with E-state index in [0.717, 1.165) is 32.4 Å². The predicted octanol–water partition coefficient (Wildman–Crippen LogP) is 2.00. The summed E-state index contributed by atoms with van der Waals surface area (Å²) in [6.45, 7) is 12.4. The van der Waals surface area contributed by atoms with Gasteiger partial charge in [-0.15, -0.1) is 0 Å². The van der Waals surface area contributed by atoms with Gasteiger partial charge < -0.3 is 15.5 Å². The first kappa shape index (κ1) is 18.4. The molecule has 0 heterocycles. The van der Waals surface area contributed by atoms with Crippen LogP contribution >= 0.6 is 0 Å². The first-order valence-electron chi connectivity index (χ1n) is 7.66. The summed E-state index contributed by atoms with van der Waals surface area (Å²) in [5.41, 5.74) is 0. The van der Waals surface area contributed by atoms with Gasteiger partial charge in [0.2, 0.25) is 5.91 Å². The minimum atomic E-state index is -0.121. The summed E-state index contributed by atoms with van der Waals surface area (Å²) in [6.07, 6.45) is 3.29. The van der Waals surface area contributed by atoms with Crippen LogP contribution in [0.25, 0.3) is 0 Å². The van der Waals surface area contributed by atoms with Crippen molar-refractivity contribution in [2.75, 3.05) is 20.1 Å². The molecule has 19 heavy (non-hydrogen) atoms. The highest BCUT2D eigenvalue weighted by molar-refractivity contribution is 5.81. The second-order valence-corrected chi connectivity index (χ2v) is 5.61. The molecule has 3 unspecified atom stereocenters. The second-order valence-electron chi connectivity index (χ2n) is 5.61. The Hall–Kier alpha value is -0.610. The lowest BCUT2D eigenvalue weighted by atomic mass is 10.2. The number of hydrogen-bond acceptors (Lipinski definition) is 3. The van der Waals surface area contributed by atoms with E-state index in [1.165, 1.54) is 0 Å². The van der Waals surface area contributed by atoms with Crippen LogP contribution in [0, 0.1) is 0 Å². The number of carbonyl (C=O) groups excluding carboxylic acids is 1.